The van der Waals surface area contributed by atoms with Gasteiger partial charge in [-0.1, -0.05) is 13.3 Å². The number of nitrogens with zero attached hydrogens (tertiary/aromatic N) is 1. The van der Waals surface area contributed by atoms with E-state index in [1.807, 2.05) is 0 Å². The lowest BCUT2D eigenvalue weighted by molar-refractivity contribution is 0.448. The molecule has 1 aliphatic rings. The molecule has 0 heterocycles. The third-order valence-electron chi connectivity index (χ3n) is 2.40. The van der Waals surface area contributed by atoms with Gasteiger partial charge in [0.25, 0.3) is 0 Å². The number of hydrogen-bond donors (Lipinski definition) is 0. The first-order valence-electron chi connectivity index (χ1n) is 3.89. The Kier molecular flexibility index (Phi) is 2.25. The molecule has 0 N–H and O–H groups in total. The molecule has 2 unspecified atom stereocenters. The van der Waals surface area contributed by atoms with E-state index in [2.05, 4.69) is 6.92 Å². The molecule has 0 aromatic heterocycles. The average molecular weight is 177 g/mol. The number of sulfonamides is 1. The lowest BCUT2D eigenvalue weighted by Crippen LogP contribution is -2.28. The maximum Gasteiger partial charge on any atom is 0.211 e. The zero-order chi connectivity index (χ0) is 8.65. The highest BCUT2D eigenvalue weighted by Gasteiger charge is 2.41. The van der Waals surface area contributed by atoms with Crippen LogP contribution in [0.2, 0.25) is 0 Å². The van der Waals surface area contributed by atoms with Crippen LogP contribution < -0.4 is 0 Å². The van der Waals surface area contributed by atoms with Crippen molar-refractivity contribution in [1.82, 2.24) is 4.31 Å². The van der Waals surface area contributed by atoms with Gasteiger partial charge in [-0.15, -0.1) is 0 Å². The van der Waals surface area contributed by atoms with Crippen LogP contribution >= 0.6 is 0 Å². The Morgan fingerprint density at radius 3 is 2.36 bits per heavy atom. The summed E-state index contributed by atoms with van der Waals surface area (Å²) in [5.41, 5.74) is 0. The molecule has 66 valence electrons. The van der Waals surface area contributed by atoms with E-state index in [0.29, 0.717) is 5.92 Å². The second-order valence-corrected chi connectivity index (χ2v) is 5.29. The molecule has 0 radical (unpaired) electrons. The summed E-state index contributed by atoms with van der Waals surface area (Å²) in [6, 6.07) is 0.287. The van der Waals surface area contributed by atoms with Gasteiger partial charge >= 0.3 is 0 Å². The summed E-state index contributed by atoms with van der Waals surface area (Å²) in [5, 5.41) is 0. The summed E-state index contributed by atoms with van der Waals surface area (Å²) in [6.45, 7) is 2.10. The van der Waals surface area contributed by atoms with Crippen molar-refractivity contribution in [1.29, 1.82) is 0 Å². The smallest absolute Gasteiger partial charge is 0.211 e. The molecule has 0 bridgehead atoms. The summed E-state index contributed by atoms with van der Waals surface area (Å²) in [6.07, 6.45) is 3.39. The van der Waals surface area contributed by atoms with Crippen LogP contribution in [0, 0.1) is 5.92 Å². The van der Waals surface area contributed by atoms with E-state index in [9.17, 15) is 8.42 Å². The minimum absolute atomic E-state index is 0.287. The first-order valence-corrected chi connectivity index (χ1v) is 5.74. The van der Waals surface area contributed by atoms with E-state index in [-0.39, 0.29) is 6.04 Å². The maximum absolute atomic E-state index is 11.0. The number of hydrogen-bond acceptors (Lipinski definition) is 2. The van der Waals surface area contributed by atoms with Crippen LogP contribution in [0.1, 0.15) is 19.8 Å². The van der Waals surface area contributed by atoms with Gasteiger partial charge in [-0.25, -0.2) is 12.7 Å². The number of rotatable bonds is 3. The van der Waals surface area contributed by atoms with Crippen molar-refractivity contribution in [3.05, 3.63) is 0 Å². The first kappa shape index (κ1) is 9.00. The Labute approximate surface area is 68.4 Å². The fourth-order valence-electron chi connectivity index (χ4n) is 1.36. The van der Waals surface area contributed by atoms with Crippen LogP contribution in [0.25, 0.3) is 0 Å². The molecule has 1 saturated carbocycles. The van der Waals surface area contributed by atoms with Crippen LogP contribution in [-0.4, -0.2) is 32.1 Å². The quantitative estimate of drug-likeness (QED) is 0.635. The molecular formula is C7H15NO2S. The Morgan fingerprint density at radius 1 is 1.55 bits per heavy atom. The van der Waals surface area contributed by atoms with Gasteiger partial charge in [0.1, 0.15) is 0 Å². The van der Waals surface area contributed by atoms with Crippen molar-refractivity contribution in [2.75, 3.05) is 13.3 Å². The molecule has 0 spiro atoms. The topological polar surface area (TPSA) is 37.4 Å². The van der Waals surface area contributed by atoms with Gasteiger partial charge in [0.15, 0.2) is 0 Å². The predicted molar refractivity (Wildman–Crippen MR) is 44.8 cm³/mol. The maximum atomic E-state index is 11.0. The third kappa shape index (κ3) is 1.93. The summed E-state index contributed by atoms with van der Waals surface area (Å²) >= 11 is 0. The van der Waals surface area contributed by atoms with Crippen molar-refractivity contribution < 1.29 is 8.42 Å². The molecule has 3 nitrogen and oxygen atoms in total. The van der Waals surface area contributed by atoms with E-state index in [1.54, 1.807) is 7.05 Å². The molecule has 0 amide bonds. The molecule has 0 aliphatic heterocycles. The molecule has 4 heteroatoms. The zero-order valence-electron chi connectivity index (χ0n) is 7.24. The van der Waals surface area contributed by atoms with Crippen molar-refractivity contribution in [2.24, 2.45) is 5.92 Å². The van der Waals surface area contributed by atoms with Crippen molar-refractivity contribution in [2.45, 2.75) is 25.8 Å². The monoisotopic (exact) mass is 177 g/mol. The molecule has 2 atom stereocenters. The average Bonchev–Trinajstić information content (AvgIpc) is 2.62. The second kappa shape index (κ2) is 2.75. The zero-order valence-corrected chi connectivity index (χ0v) is 8.06. The summed E-state index contributed by atoms with van der Waals surface area (Å²) < 4.78 is 23.5. The van der Waals surface area contributed by atoms with E-state index >= 15 is 0 Å². The van der Waals surface area contributed by atoms with Crippen molar-refractivity contribution in [3.8, 4) is 0 Å². The summed E-state index contributed by atoms with van der Waals surface area (Å²) in [7, 11) is -1.29. The SMILES string of the molecule is CCC1CC1N(C)S(C)(=O)=O. The molecule has 0 saturated heterocycles. The predicted octanol–water partition coefficient (Wildman–Crippen LogP) is 0.676. The first-order chi connectivity index (χ1) is 4.96. The lowest BCUT2D eigenvalue weighted by atomic mass is 10.3. The summed E-state index contributed by atoms with van der Waals surface area (Å²) in [4.78, 5) is 0. The van der Waals surface area contributed by atoms with Crippen LogP contribution in [-0.2, 0) is 10.0 Å². The normalized spacial score (nSPS) is 30.9. The molecule has 0 aromatic carbocycles. The highest BCUT2D eigenvalue weighted by Crippen LogP contribution is 2.38. The molecule has 1 rings (SSSR count). The Morgan fingerprint density at radius 2 is 2.09 bits per heavy atom. The largest absolute Gasteiger partial charge is 0.213 e. The minimum Gasteiger partial charge on any atom is -0.213 e. The van der Waals surface area contributed by atoms with Gasteiger partial charge < -0.3 is 0 Å². The molecular weight excluding hydrogens is 162 g/mol. The van der Waals surface area contributed by atoms with Crippen LogP contribution in [0.15, 0.2) is 0 Å². The Bertz CT molecular complexity index is 235. The molecule has 1 fully saturated rings. The van der Waals surface area contributed by atoms with Gasteiger partial charge in [0, 0.05) is 13.1 Å². The van der Waals surface area contributed by atoms with Crippen LogP contribution in [0.3, 0.4) is 0 Å². The minimum atomic E-state index is -2.95. The van der Waals surface area contributed by atoms with Gasteiger partial charge in [-0.2, -0.15) is 0 Å². The fraction of sp³-hybridized carbons (Fsp3) is 1.00. The highest BCUT2D eigenvalue weighted by molar-refractivity contribution is 7.88. The fourth-order valence-corrected chi connectivity index (χ4v) is 2.11. The van der Waals surface area contributed by atoms with Crippen molar-refractivity contribution >= 4 is 10.0 Å². The lowest BCUT2D eigenvalue weighted by Gasteiger charge is -2.12. The van der Waals surface area contributed by atoms with Crippen LogP contribution in [0.4, 0.5) is 0 Å². The molecule has 0 aromatic rings. The second-order valence-electron chi connectivity index (χ2n) is 3.25. The van der Waals surface area contributed by atoms with Gasteiger partial charge in [0.2, 0.25) is 10.0 Å². The van der Waals surface area contributed by atoms with Gasteiger partial charge in [-0.05, 0) is 12.3 Å². The molecule has 1 aliphatic carbocycles. The standard InChI is InChI=1S/C7H15NO2S/c1-4-6-5-7(6)8(2)11(3,9)10/h6-7H,4-5H2,1-3H3. The van der Waals surface area contributed by atoms with E-state index in [0.717, 1.165) is 12.8 Å². The Hall–Kier alpha value is -0.0900. The van der Waals surface area contributed by atoms with E-state index in [1.165, 1.54) is 10.6 Å². The third-order valence-corrected chi connectivity index (χ3v) is 3.72. The van der Waals surface area contributed by atoms with Gasteiger partial charge in [-0.3, -0.25) is 0 Å². The van der Waals surface area contributed by atoms with E-state index in [4.69, 9.17) is 0 Å². The van der Waals surface area contributed by atoms with Crippen LogP contribution in [0.5, 0.6) is 0 Å². The van der Waals surface area contributed by atoms with E-state index < -0.39 is 10.0 Å². The van der Waals surface area contributed by atoms with Crippen molar-refractivity contribution in [3.63, 3.8) is 0 Å². The highest BCUT2D eigenvalue weighted by atomic mass is 32.2. The molecule has 11 heavy (non-hydrogen) atoms. The Balaban J connectivity index is 2.53. The summed E-state index contributed by atoms with van der Waals surface area (Å²) in [5.74, 6) is 0.606. The van der Waals surface area contributed by atoms with Gasteiger partial charge in [0.05, 0.1) is 6.26 Å².